The monoisotopic (exact) mass is 414 g/mol. The van der Waals surface area contributed by atoms with Gasteiger partial charge in [-0.25, -0.2) is 4.98 Å². The van der Waals surface area contributed by atoms with Crippen molar-refractivity contribution < 1.29 is 19.2 Å². The van der Waals surface area contributed by atoms with E-state index in [0.717, 1.165) is 35.0 Å². The number of nitrogens with zero attached hydrogens (tertiary/aromatic N) is 2. The molecule has 0 saturated carbocycles. The highest BCUT2D eigenvalue weighted by Gasteiger charge is 2.23. The molecule has 6 nitrogen and oxygen atoms in total. The molecule has 0 aliphatic carbocycles. The second-order valence-corrected chi connectivity index (χ2v) is 7.71. The first-order valence-electron chi connectivity index (χ1n) is 9.84. The fourth-order valence-corrected chi connectivity index (χ4v) is 4.25. The molecule has 0 aliphatic rings. The predicted octanol–water partition coefficient (Wildman–Crippen LogP) is 2.89. The summed E-state index contributed by atoms with van der Waals surface area (Å²) in [4.78, 5) is 21.4. The fourth-order valence-electron chi connectivity index (χ4n) is 3.26. The third kappa shape index (κ3) is 4.68. The van der Waals surface area contributed by atoms with E-state index in [0.29, 0.717) is 23.6 Å². The SMILES string of the molecule is CC[NH+](CC)CCN(C(=O)c1ccc(OC)c(OC)c1)c1nc2ccccc2s1. The van der Waals surface area contributed by atoms with Crippen LogP contribution in [0.1, 0.15) is 24.2 Å². The first kappa shape index (κ1) is 21.1. The van der Waals surface area contributed by atoms with Gasteiger partial charge in [0.2, 0.25) is 0 Å². The van der Waals surface area contributed by atoms with E-state index in [1.807, 2.05) is 24.3 Å². The van der Waals surface area contributed by atoms with E-state index in [1.165, 1.54) is 4.90 Å². The average molecular weight is 415 g/mol. The number of hydrogen-bond donors (Lipinski definition) is 1. The van der Waals surface area contributed by atoms with E-state index in [1.54, 1.807) is 48.7 Å². The Morgan fingerprint density at radius 3 is 2.45 bits per heavy atom. The molecule has 154 valence electrons. The number of nitrogens with one attached hydrogen (secondary N) is 1. The Bertz CT molecular complexity index is 936. The van der Waals surface area contributed by atoms with E-state index < -0.39 is 0 Å². The van der Waals surface area contributed by atoms with Crippen molar-refractivity contribution in [3.63, 3.8) is 0 Å². The zero-order valence-electron chi connectivity index (χ0n) is 17.4. The van der Waals surface area contributed by atoms with Gasteiger partial charge in [-0.2, -0.15) is 0 Å². The summed E-state index contributed by atoms with van der Waals surface area (Å²) in [6, 6.07) is 13.2. The van der Waals surface area contributed by atoms with Gasteiger partial charge in [0, 0.05) is 5.56 Å². The highest BCUT2D eigenvalue weighted by atomic mass is 32.1. The first-order valence-corrected chi connectivity index (χ1v) is 10.7. The van der Waals surface area contributed by atoms with Crippen LogP contribution in [0.3, 0.4) is 0 Å². The Kier molecular flexibility index (Phi) is 7.06. The van der Waals surface area contributed by atoms with Crippen LogP contribution in [0.15, 0.2) is 42.5 Å². The molecule has 0 saturated heterocycles. The molecule has 0 atom stereocenters. The summed E-state index contributed by atoms with van der Waals surface area (Å²) in [5.74, 6) is 1.05. The van der Waals surface area contributed by atoms with E-state index in [-0.39, 0.29) is 5.91 Å². The van der Waals surface area contributed by atoms with Crippen LogP contribution in [0, 0.1) is 0 Å². The third-order valence-electron chi connectivity index (χ3n) is 5.08. The van der Waals surface area contributed by atoms with Gasteiger partial charge in [0.25, 0.3) is 5.91 Å². The number of thiazole rings is 1. The summed E-state index contributed by atoms with van der Waals surface area (Å²) in [7, 11) is 3.15. The molecule has 2 aromatic carbocycles. The number of anilines is 1. The van der Waals surface area contributed by atoms with Crippen LogP contribution in [0.4, 0.5) is 5.13 Å². The van der Waals surface area contributed by atoms with Crippen LogP contribution < -0.4 is 19.3 Å². The van der Waals surface area contributed by atoms with Crippen molar-refractivity contribution in [2.24, 2.45) is 0 Å². The number of quaternary nitrogens is 1. The highest BCUT2D eigenvalue weighted by Crippen LogP contribution is 2.31. The van der Waals surface area contributed by atoms with Gasteiger partial charge >= 0.3 is 0 Å². The molecule has 3 aromatic rings. The number of carbonyl (C=O) groups is 1. The molecule has 0 aliphatic heterocycles. The number of fused-ring (bicyclic) bond motifs is 1. The summed E-state index contributed by atoms with van der Waals surface area (Å²) in [5, 5.41) is 0.720. The first-order chi connectivity index (χ1) is 14.1. The lowest BCUT2D eigenvalue weighted by molar-refractivity contribution is -0.894. The lowest BCUT2D eigenvalue weighted by atomic mass is 10.1. The van der Waals surface area contributed by atoms with Crippen LogP contribution in [-0.2, 0) is 0 Å². The topological polar surface area (TPSA) is 56.1 Å². The Labute approximate surface area is 175 Å². The molecule has 7 heteroatoms. The number of hydrogen-bond acceptors (Lipinski definition) is 5. The van der Waals surface area contributed by atoms with Crippen molar-refractivity contribution in [3.8, 4) is 11.5 Å². The van der Waals surface area contributed by atoms with Gasteiger partial charge in [-0.05, 0) is 44.2 Å². The van der Waals surface area contributed by atoms with Crippen LogP contribution in [0.25, 0.3) is 10.2 Å². The number of aromatic nitrogens is 1. The molecule has 1 N–H and O–H groups in total. The Morgan fingerprint density at radius 2 is 1.79 bits per heavy atom. The Morgan fingerprint density at radius 1 is 1.07 bits per heavy atom. The van der Waals surface area contributed by atoms with Gasteiger partial charge < -0.3 is 14.4 Å². The van der Waals surface area contributed by atoms with Crippen molar-refractivity contribution in [2.45, 2.75) is 13.8 Å². The highest BCUT2D eigenvalue weighted by molar-refractivity contribution is 7.22. The van der Waals surface area contributed by atoms with Crippen molar-refractivity contribution in [2.75, 3.05) is 45.3 Å². The number of likely N-dealkylation sites (N-methyl/N-ethyl adjacent to an activating group) is 1. The summed E-state index contributed by atoms with van der Waals surface area (Å²) in [5.41, 5.74) is 1.46. The molecule has 0 spiro atoms. The quantitative estimate of drug-likeness (QED) is 0.585. The number of carbonyl (C=O) groups excluding carboxylic acids is 1. The predicted molar refractivity (Wildman–Crippen MR) is 118 cm³/mol. The normalized spacial score (nSPS) is 11.1. The van der Waals surface area contributed by atoms with Crippen LogP contribution >= 0.6 is 11.3 Å². The molecule has 3 rings (SSSR count). The average Bonchev–Trinajstić information content (AvgIpc) is 3.19. The molecule has 0 bridgehead atoms. The lowest BCUT2D eigenvalue weighted by Crippen LogP contribution is -3.12. The van der Waals surface area contributed by atoms with Crippen molar-refractivity contribution in [1.82, 2.24) is 4.98 Å². The number of benzene rings is 2. The van der Waals surface area contributed by atoms with Crippen LogP contribution in [0.5, 0.6) is 11.5 Å². The van der Waals surface area contributed by atoms with Crippen LogP contribution in [0.2, 0.25) is 0 Å². The maximum atomic E-state index is 13.5. The Hall–Kier alpha value is -2.64. The summed E-state index contributed by atoms with van der Waals surface area (Å²) in [6.45, 7) is 7.84. The smallest absolute Gasteiger partial charge is 0.260 e. The van der Waals surface area contributed by atoms with Gasteiger partial charge in [-0.15, -0.1) is 0 Å². The van der Waals surface area contributed by atoms with E-state index in [9.17, 15) is 4.79 Å². The molecule has 0 fully saturated rings. The van der Waals surface area contributed by atoms with Crippen molar-refractivity contribution >= 4 is 32.6 Å². The molecular weight excluding hydrogens is 386 g/mol. The fraction of sp³-hybridized carbons (Fsp3) is 0.364. The molecule has 0 unspecified atom stereocenters. The molecule has 1 heterocycles. The standard InChI is InChI=1S/C22H27N3O3S/c1-5-24(6-2)13-14-25(22-23-17-9-7-8-10-20(17)29-22)21(26)16-11-12-18(27-3)19(15-16)28-4/h7-12,15H,5-6,13-14H2,1-4H3/p+1. The minimum Gasteiger partial charge on any atom is -0.493 e. The maximum Gasteiger partial charge on any atom is 0.260 e. The van der Waals surface area contributed by atoms with E-state index in [4.69, 9.17) is 14.5 Å². The van der Waals surface area contributed by atoms with Gasteiger partial charge in [0.05, 0.1) is 50.6 Å². The molecule has 1 aromatic heterocycles. The second-order valence-electron chi connectivity index (χ2n) is 6.70. The van der Waals surface area contributed by atoms with Crippen molar-refractivity contribution in [3.05, 3.63) is 48.0 Å². The zero-order chi connectivity index (χ0) is 20.8. The number of para-hydroxylation sites is 1. The van der Waals surface area contributed by atoms with Gasteiger partial charge in [-0.1, -0.05) is 23.5 Å². The summed E-state index contributed by atoms with van der Waals surface area (Å²) in [6.07, 6.45) is 0. The Balaban J connectivity index is 1.96. The number of rotatable bonds is 9. The molecule has 0 radical (unpaired) electrons. The van der Waals surface area contributed by atoms with Gasteiger partial charge in [0.15, 0.2) is 16.6 Å². The second kappa shape index (κ2) is 9.71. The van der Waals surface area contributed by atoms with E-state index >= 15 is 0 Å². The third-order valence-corrected chi connectivity index (χ3v) is 6.14. The largest absolute Gasteiger partial charge is 0.493 e. The number of ether oxygens (including phenoxy) is 2. The van der Waals surface area contributed by atoms with Crippen molar-refractivity contribution in [1.29, 1.82) is 0 Å². The van der Waals surface area contributed by atoms with Gasteiger partial charge in [0.1, 0.15) is 0 Å². The summed E-state index contributed by atoms with van der Waals surface area (Å²) >= 11 is 1.54. The van der Waals surface area contributed by atoms with Crippen LogP contribution in [-0.4, -0.2) is 51.3 Å². The molecular formula is C22H28N3O3S+. The van der Waals surface area contributed by atoms with E-state index in [2.05, 4.69) is 13.8 Å². The number of amides is 1. The maximum absolute atomic E-state index is 13.5. The van der Waals surface area contributed by atoms with Gasteiger partial charge in [-0.3, -0.25) is 9.69 Å². The minimum atomic E-state index is -0.0865. The lowest BCUT2D eigenvalue weighted by Gasteiger charge is -2.23. The summed E-state index contributed by atoms with van der Waals surface area (Å²) < 4.78 is 11.8. The molecule has 29 heavy (non-hydrogen) atoms. The molecule has 1 amide bonds. The minimum absolute atomic E-state index is 0.0865. The number of methoxy groups -OCH3 is 2. The zero-order valence-corrected chi connectivity index (χ0v) is 18.2.